The summed E-state index contributed by atoms with van der Waals surface area (Å²) in [6.45, 7) is 7.18. The lowest BCUT2D eigenvalue weighted by atomic mass is 9.86. The third-order valence-electron chi connectivity index (χ3n) is 4.24. The summed E-state index contributed by atoms with van der Waals surface area (Å²) in [5.41, 5.74) is 7.25. The molecule has 1 aliphatic heterocycles. The molecule has 0 atom stereocenters. The Labute approximate surface area is 121 Å². The number of anilines is 1. The van der Waals surface area contributed by atoms with Crippen LogP contribution in [0.4, 0.5) is 5.69 Å². The van der Waals surface area contributed by atoms with Crippen LogP contribution in [0.5, 0.6) is 0 Å². The van der Waals surface area contributed by atoms with Crippen molar-refractivity contribution in [3.8, 4) is 0 Å². The van der Waals surface area contributed by atoms with Crippen LogP contribution in [0, 0.1) is 6.92 Å². The standard InChI is InChI=1S/C16H25N3O/c1-3-10-19-11-8-16(9-12-19,15(17)20)18-14-7-5-4-6-13(14)2/h4-7,18H,3,8-12H2,1-2H3,(H2,17,20). The average molecular weight is 275 g/mol. The number of hydrogen-bond donors (Lipinski definition) is 2. The quantitative estimate of drug-likeness (QED) is 0.865. The molecule has 20 heavy (non-hydrogen) atoms. The number of carbonyl (C=O) groups is 1. The van der Waals surface area contributed by atoms with Crippen molar-refractivity contribution in [1.82, 2.24) is 4.90 Å². The lowest BCUT2D eigenvalue weighted by molar-refractivity contribution is -0.123. The van der Waals surface area contributed by atoms with Crippen LogP contribution >= 0.6 is 0 Å². The molecule has 0 radical (unpaired) electrons. The number of rotatable bonds is 5. The van der Waals surface area contributed by atoms with E-state index >= 15 is 0 Å². The van der Waals surface area contributed by atoms with Gasteiger partial charge in [-0.3, -0.25) is 4.79 Å². The van der Waals surface area contributed by atoms with Crippen molar-refractivity contribution in [3.05, 3.63) is 29.8 Å². The number of carbonyl (C=O) groups excluding carboxylic acids is 1. The third-order valence-corrected chi connectivity index (χ3v) is 4.24. The topological polar surface area (TPSA) is 58.4 Å². The number of nitrogens with zero attached hydrogens (tertiary/aromatic N) is 1. The van der Waals surface area contributed by atoms with Crippen LogP contribution in [0.2, 0.25) is 0 Å². The molecule has 0 spiro atoms. The molecule has 0 unspecified atom stereocenters. The van der Waals surface area contributed by atoms with Crippen molar-refractivity contribution in [2.24, 2.45) is 5.73 Å². The van der Waals surface area contributed by atoms with Gasteiger partial charge < -0.3 is 16.0 Å². The lowest BCUT2D eigenvalue weighted by Gasteiger charge is -2.41. The molecule has 0 aromatic heterocycles. The first-order valence-electron chi connectivity index (χ1n) is 7.43. The zero-order valence-electron chi connectivity index (χ0n) is 12.5. The third kappa shape index (κ3) is 3.12. The van der Waals surface area contributed by atoms with E-state index in [9.17, 15) is 4.79 Å². The number of nitrogens with one attached hydrogen (secondary N) is 1. The summed E-state index contributed by atoms with van der Waals surface area (Å²) in [5.74, 6) is -0.239. The van der Waals surface area contributed by atoms with Crippen molar-refractivity contribution >= 4 is 11.6 Å². The van der Waals surface area contributed by atoms with Crippen molar-refractivity contribution < 1.29 is 4.79 Å². The van der Waals surface area contributed by atoms with E-state index < -0.39 is 5.54 Å². The first-order valence-corrected chi connectivity index (χ1v) is 7.43. The lowest BCUT2D eigenvalue weighted by Crippen LogP contribution is -2.57. The molecule has 2 rings (SSSR count). The SMILES string of the molecule is CCCN1CCC(Nc2ccccc2C)(C(N)=O)CC1. The van der Waals surface area contributed by atoms with Gasteiger partial charge in [0.2, 0.25) is 5.91 Å². The monoisotopic (exact) mass is 275 g/mol. The number of para-hydroxylation sites is 1. The number of amides is 1. The maximum Gasteiger partial charge on any atom is 0.243 e. The van der Waals surface area contributed by atoms with Gasteiger partial charge in [0, 0.05) is 18.8 Å². The molecule has 1 heterocycles. The molecular weight excluding hydrogens is 250 g/mol. The smallest absolute Gasteiger partial charge is 0.243 e. The van der Waals surface area contributed by atoms with Crippen molar-refractivity contribution in [2.75, 3.05) is 25.0 Å². The number of nitrogens with two attached hydrogens (primary N) is 1. The number of benzene rings is 1. The van der Waals surface area contributed by atoms with E-state index in [0.717, 1.165) is 50.1 Å². The summed E-state index contributed by atoms with van der Waals surface area (Å²) in [4.78, 5) is 14.4. The van der Waals surface area contributed by atoms with Crippen LogP contribution in [0.3, 0.4) is 0 Å². The Balaban J connectivity index is 2.12. The second kappa shape index (κ2) is 6.27. The van der Waals surface area contributed by atoms with Crippen LogP contribution in [0.15, 0.2) is 24.3 Å². The van der Waals surface area contributed by atoms with Crippen molar-refractivity contribution in [1.29, 1.82) is 0 Å². The Bertz CT molecular complexity index is 465. The second-order valence-electron chi connectivity index (χ2n) is 5.73. The summed E-state index contributed by atoms with van der Waals surface area (Å²) in [7, 11) is 0. The maximum atomic E-state index is 12.0. The van der Waals surface area contributed by atoms with E-state index in [2.05, 4.69) is 17.1 Å². The van der Waals surface area contributed by atoms with E-state index in [-0.39, 0.29) is 5.91 Å². The Morgan fingerprint density at radius 2 is 2.00 bits per heavy atom. The van der Waals surface area contributed by atoms with Crippen molar-refractivity contribution in [2.45, 2.75) is 38.6 Å². The molecule has 1 aliphatic rings. The fraction of sp³-hybridized carbons (Fsp3) is 0.562. The van der Waals surface area contributed by atoms with Gasteiger partial charge in [-0.2, -0.15) is 0 Å². The predicted molar refractivity (Wildman–Crippen MR) is 82.7 cm³/mol. The highest BCUT2D eigenvalue weighted by molar-refractivity contribution is 5.88. The van der Waals surface area contributed by atoms with E-state index in [1.54, 1.807) is 0 Å². The zero-order valence-corrected chi connectivity index (χ0v) is 12.5. The van der Waals surface area contributed by atoms with Crippen LogP contribution < -0.4 is 11.1 Å². The van der Waals surface area contributed by atoms with Gasteiger partial charge in [-0.1, -0.05) is 25.1 Å². The van der Waals surface area contributed by atoms with Gasteiger partial charge in [-0.15, -0.1) is 0 Å². The normalized spacial score (nSPS) is 18.7. The van der Waals surface area contributed by atoms with Gasteiger partial charge in [0.25, 0.3) is 0 Å². The summed E-state index contributed by atoms with van der Waals surface area (Å²) in [6.07, 6.45) is 2.70. The highest BCUT2D eigenvalue weighted by Gasteiger charge is 2.39. The van der Waals surface area contributed by atoms with Gasteiger partial charge in [0.05, 0.1) is 0 Å². The van der Waals surface area contributed by atoms with Gasteiger partial charge in [-0.05, 0) is 44.4 Å². The number of hydrogen-bond acceptors (Lipinski definition) is 3. The highest BCUT2D eigenvalue weighted by atomic mass is 16.1. The molecule has 110 valence electrons. The molecule has 1 saturated heterocycles. The Hall–Kier alpha value is -1.55. The number of likely N-dealkylation sites (tertiary alicyclic amines) is 1. The predicted octanol–water partition coefficient (Wildman–Crippen LogP) is 2.14. The van der Waals surface area contributed by atoms with E-state index in [4.69, 9.17) is 5.73 Å². The van der Waals surface area contributed by atoms with Gasteiger partial charge in [-0.25, -0.2) is 0 Å². The van der Waals surface area contributed by atoms with Crippen LogP contribution in [0.25, 0.3) is 0 Å². The second-order valence-corrected chi connectivity index (χ2v) is 5.73. The van der Waals surface area contributed by atoms with Crippen LogP contribution in [0.1, 0.15) is 31.7 Å². The molecule has 1 aromatic rings. The Morgan fingerprint density at radius 1 is 1.35 bits per heavy atom. The zero-order chi connectivity index (χ0) is 14.6. The highest BCUT2D eigenvalue weighted by Crippen LogP contribution is 2.28. The van der Waals surface area contributed by atoms with E-state index in [1.165, 1.54) is 0 Å². The fourth-order valence-corrected chi connectivity index (χ4v) is 2.88. The molecule has 1 aromatic carbocycles. The Morgan fingerprint density at radius 3 is 2.55 bits per heavy atom. The number of aryl methyl sites for hydroxylation is 1. The minimum Gasteiger partial charge on any atom is -0.371 e. The van der Waals surface area contributed by atoms with Crippen molar-refractivity contribution in [3.63, 3.8) is 0 Å². The first kappa shape index (κ1) is 14.9. The van der Waals surface area contributed by atoms with Gasteiger partial charge in [0.1, 0.15) is 5.54 Å². The molecule has 0 aliphatic carbocycles. The Kier molecular flexibility index (Phi) is 4.65. The van der Waals surface area contributed by atoms with Gasteiger partial charge in [0.15, 0.2) is 0 Å². The minimum absolute atomic E-state index is 0.239. The number of piperidine rings is 1. The summed E-state index contributed by atoms with van der Waals surface area (Å²) < 4.78 is 0. The van der Waals surface area contributed by atoms with Crippen LogP contribution in [-0.2, 0) is 4.79 Å². The molecule has 0 bridgehead atoms. The maximum absolute atomic E-state index is 12.0. The van der Waals surface area contributed by atoms with Gasteiger partial charge >= 0.3 is 0 Å². The summed E-state index contributed by atoms with van der Waals surface area (Å²) >= 11 is 0. The molecule has 0 saturated carbocycles. The molecule has 4 heteroatoms. The fourth-order valence-electron chi connectivity index (χ4n) is 2.88. The molecule has 3 N–H and O–H groups in total. The molecule has 1 amide bonds. The van der Waals surface area contributed by atoms with E-state index in [0.29, 0.717) is 0 Å². The molecule has 4 nitrogen and oxygen atoms in total. The summed E-state index contributed by atoms with van der Waals surface area (Å²) in [6, 6.07) is 8.04. The first-order chi connectivity index (χ1) is 9.57. The molecular formula is C16H25N3O. The largest absolute Gasteiger partial charge is 0.371 e. The van der Waals surface area contributed by atoms with Crippen LogP contribution in [-0.4, -0.2) is 36.0 Å². The summed E-state index contributed by atoms with van der Waals surface area (Å²) in [5, 5.41) is 3.42. The molecule has 1 fully saturated rings. The van der Waals surface area contributed by atoms with E-state index in [1.807, 2.05) is 31.2 Å². The average Bonchev–Trinajstić information content (AvgIpc) is 2.44. The minimum atomic E-state index is -0.601. The number of primary amides is 1.